The van der Waals surface area contributed by atoms with Gasteiger partial charge in [-0.05, 0) is 23.3 Å². The number of carboxylic acid groups (broad SMARTS) is 2. The lowest BCUT2D eigenvalue weighted by molar-refractivity contribution is -0.132. The molecule has 0 radical (unpaired) electrons. The van der Waals surface area contributed by atoms with Crippen LogP contribution >= 0.6 is 0 Å². The van der Waals surface area contributed by atoms with E-state index < -0.39 is 11.9 Å². The van der Waals surface area contributed by atoms with Crippen molar-refractivity contribution in [2.24, 2.45) is 0 Å². The number of allylic oxidation sites excluding steroid dienone is 8. The maximum Gasteiger partial charge on any atom is 0.336 e. The average Bonchev–Trinajstić information content (AvgIpc) is 2.61. The van der Waals surface area contributed by atoms with Crippen LogP contribution in [0.5, 0.6) is 0 Å². The van der Waals surface area contributed by atoms with E-state index in [0.717, 1.165) is 0 Å². The molecule has 4 heteroatoms. The van der Waals surface area contributed by atoms with E-state index in [2.05, 4.69) is 0 Å². The molecule has 0 atom stereocenters. The van der Waals surface area contributed by atoms with Crippen molar-refractivity contribution in [2.45, 2.75) is 0 Å². The van der Waals surface area contributed by atoms with Crippen molar-refractivity contribution in [3.05, 3.63) is 70.9 Å². The highest BCUT2D eigenvalue weighted by molar-refractivity contribution is 6.00. The third-order valence-electron chi connectivity index (χ3n) is 2.58. The minimum absolute atomic E-state index is 0.0244. The van der Waals surface area contributed by atoms with Crippen LogP contribution in [-0.4, -0.2) is 22.2 Å². The molecule has 0 aromatic carbocycles. The van der Waals surface area contributed by atoms with Crippen LogP contribution in [0.25, 0.3) is 0 Å². The maximum atomic E-state index is 11.2. The zero-order chi connectivity index (χ0) is 13.1. The molecular weight excluding hydrogens is 232 g/mol. The van der Waals surface area contributed by atoms with Crippen molar-refractivity contribution in [2.75, 3.05) is 0 Å². The van der Waals surface area contributed by atoms with Crippen molar-refractivity contribution >= 4 is 11.9 Å². The fraction of sp³-hybridized carbons (Fsp3) is 0. The lowest BCUT2D eigenvalue weighted by Gasteiger charge is -2.06. The Morgan fingerprint density at radius 3 is 2.33 bits per heavy atom. The largest absolute Gasteiger partial charge is 0.478 e. The Morgan fingerprint density at radius 1 is 0.889 bits per heavy atom. The molecule has 90 valence electrons. The third kappa shape index (κ3) is 2.22. The summed E-state index contributed by atoms with van der Waals surface area (Å²) in [5, 5.41) is 18.2. The zero-order valence-electron chi connectivity index (χ0n) is 9.33. The molecule has 2 aliphatic rings. The number of hydrogen-bond acceptors (Lipinski definition) is 2. The molecule has 2 N–H and O–H groups in total. The summed E-state index contributed by atoms with van der Waals surface area (Å²) < 4.78 is 0. The summed E-state index contributed by atoms with van der Waals surface area (Å²) in [4.78, 5) is 22.2. The molecule has 0 aromatic rings. The van der Waals surface area contributed by atoms with Crippen molar-refractivity contribution < 1.29 is 19.8 Å². The minimum Gasteiger partial charge on any atom is -0.478 e. The quantitative estimate of drug-likeness (QED) is 0.776. The van der Waals surface area contributed by atoms with Gasteiger partial charge >= 0.3 is 11.9 Å². The molecule has 0 amide bonds. The number of rotatable bonds is 2. The predicted molar refractivity (Wildman–Crippen MR) is 65.9 cm³/mol. The number of hydrogen-bond donors (Lipinski definition) is 2. The van der Waals surface area contributed by atoms with Crippen LogP contribution in [0.15, 0.2) is 70.9 Å². The standard InChI is InChI=1S/C14H10O4/c15-13(16)10-7-6-9-4-2-1-3-5-11(9)12(8-10)14(17)18/h1-8H,(H,15,16)(H,17,18). The Hall–Kier alpha value is -2.62. The molecule has 0 bridgehead atoms. The Labute approximate surface area is 103 Å². The summed E-state index contributed by atoms with van der Waals surface area (Å²) >= 11 is 0. The summed E-state index contributed by atoms with van der Waals surface area (Å²) in [6.45, 7) is 0. The second-order valence-electron chi connectivity index (χ2n) is 3.74. The lowest BCUT2D eigenvalue weighted by Crippen LogP contribution is -2.06. The van der Waals surface area contributed by atoms with Gasteiger partial charge in [0.05, 0.1) is 11.1 Å². The molecule has 0 saturated carbocycles. The van der Waals surface area contributed by atoms with Gasteiger partial charge in [-0.1, -0.05) is 36.5 Å². The van der Waals surface area contributed by atoms with E-state index in [1.807, 2.05) is 0 Å². The topological polar surface area (TPSA) is 74.6 Å². The highest BCUT2D eigenvalue weighted by atomic mass is 16.4. The smallest absolute Gasteiger partial charge is 0.336 e. The van der Waals surface area contributed by atoms with Gasteiger partial charge in [0, 0.05) is 0 Å². The van der Waals surface area contributed by atoms with E-state index in [-0.39, 0.29) is 11.1 Å². The molecule has 0 aromatic heterocycles. The van der Waals surface area contributed by atoms with E-state index in [4.69, 9.17) is 5.11 Å². The molecule has 0 saturated heterocycles. The fourth-order valence-electron chi connectivity index (χ4n) is 1.72. The number of aliphatic carboxylic acids is 2. The molecule has 0 spiro atoms. The first kappa shape index (κ1) is 11.9. The van der Waals surface area contributed by atoms with Crippen molar-refractivity contribution in [3.8, 4) is 0 Å². The van der Waals surface area contributed by atoms with Crippen molar-refractivity contribution in [1.82, 2.24) is 0 Å². The van der Waals surface area contributed by atoms with Crippen LogP contribution in [0, 0.1) is 0 Å². The Morgan fingerprint density at radius 2 is 1.67 bits per heavy atom. The van der Waals surface area contributed by atoms with Gasteiger partial charge < -0.3 is 10.2 Å². The van der Waals surface area contributed by atoms with Gasteiger partial charge in [-0.15, -0.1) is 0 Å². The average molecular weight is 242 g/mol. The molecule has 0 aliphatic heterocycles. The molecule has 0 unspecified atom stereocenters. The number of carbonyl (C=O) groups is 2. The summed E-state index contributed by atoms with van der Waals surface area (Å²) in [7, 11) is 0. The van der Waals surface area contributed by atoms with E-state index in [9.17, 15) is 14.7 Å². The van der Waals surface area contributed by atoms with Gasteiger partial charge in [-0.3, -0.25) is 0 Å². The van der Waals surface area contributed by atoms with Crippen LogP contribution < -0.4 is 0 Å². The number of fused-ring (bicyclic) bond motifs is 1. The minimum atomic E-state index is -1.15. The highest BCUT2D eigenvalue weighted by Crippen LogP contribution is 2.27. The second kappa shape index (κ2) is 4.71. The fourth-order valence-corrected chi connectivity index (χ4v) is 1.72. The van der Waals surface area contributed by atoms with Gasteiger partial charge in [0.1, 0.15) is 0 Å². The summed E-state index contributed by atoms with van der Waals surface area (Å²) in [6.07, 6.45) is 12.8. The van der Waals surface area contributed by atoms with Crippen LogP contribution in [0.3, 0.4) is 0 Å². The first-order valence-corrected chi connectivity index (χ1v) is 5.25. The summed E-state index contributed by atoms with van der Waals surface area (Å²) in [5.74, 6) is -2.30. The first-order chi connectivity index (χ1) is 8.59. The predicted octanol–water partition coefficient (Wildman–Crippen LogP) is 2.00. The van der Waals surface area contributed by atoms with Gasteiger partial charge in [0.15, 0.2) is 0 Å². The van der Waals surface area contributed by atoms with Gasteiger partial charge in [-0.25, -0.2) is 9.59 Å². The SMILES string of the molecule is O=C(O)C1=CC=C2C=CC=CC=C2C(C(=O)O)=C1. The summed E-state index contributed by atoms with van der Waals surface area (Å²) in [5.41, 5.74) is 1.10. The van der Waals surface area contributed by atoms with Gasteiger partial charge in [-0.2, -0.15) is 0 Å². The normalized spacial score (nSPS) is 17.6. The van der Waals surface area contributed by atoms with E-state index in [1.54, 1.807) is 36.5 Å². The Kier molecular flexibility index (Phi) is 3.10. The molecule has 4 nitrogen and oxygen atoms in total. The lowest BCUT2D eigenvalue weighted by atomic mass is 9.97. The Bertz CT molecular complexity index is 595. The molecule has 18 heavy (non-hydrogen) atoms. The maximum absolute atomic E-state index is 11.2. The van der Waals surface area contributed by atoms with Crippen LogP contribution in [0.4, 0.5) is 0 Å². The molecule has 2 rings (SSSR count). The Balaban J connectivity index is 2.63. The zero-order valence-corrected chi connectivity index (χ0v) is 9.33. The first-order valence-electron chi connectivity index (χ1n) is 5.25. The van der Waals surface area contributed by atoms with Gasteiger partial charge in [0.25, 0.3) is 0 Å². The van der Waals surface area contributed by atoms with Crippen LogP contribution in [-0.2, 0) is 9.59 Å². The third-order valence-corrected chi connectivity index (χ3v) is 2.58. The second-order valence-corrected chi connectivity index (χ2v) is 3.74. The van der Waals surface area contributed by atoms with Crippen molar-refractivity contribution in [3.63, 3.8) is 0 Å². The van der Waals surface area contributed by atoms with Gasteiger partial charge in [0.2, 0.25) is 0 Å². The molecule has 0 fully saturated rings. The van der Waals surface area contributed by atoms with E-state index in [0.29, 0.717) is 11.1 Å². The van der Waals surface area contributed by atoms with Crippen LogP contribution in [0.1, 0.15) is 0 Å². The monoisotopic (exact) mass is 242 g/mol. The number of carboxylic acids is 2. The van der Waals surface area contributed by atoms with Crippen LogP contribution in [0.2, 0.25) is 0 Å². The molecule has 2 aliphatic carbocycles. The van der Waals surface area contributed by atoms with Crippen molar-refractivity contribution in [1.29, 1.82) is 0 Å². The molecular formula is C14H10O4. The molecule has 0 heterocycles. The van der Waals surface area contributed by atoms with E-state index in [1.165, 1.54) is 12.2 Å². The highest BCUT2D eigenvalue weighted by Gasteiger charge is 2.20. The summed E-state index contributed by atoms with van der Waals surface area (Å²) in [6, 6.07) is 0. The van der Waals surface area contributed by atoms with E-state index >= 15 is 0 Å².